The molecule has 0 aliphatic rings. The summed E-state index contributed by atoms with van der Waals surface area (Å²) in [6, 6.07) is 8.71. The van der Waals surface area contributed by atoms with Gasteiger partial charge in [-0.15, -0.1) is 0 Å². The van der Waals surface area contributed by atoms with Crippen molar-refractivity contribution in [3.8, 4) is 5.75 Å². The van der Waals surface area contributed by atoms with Gasteiger partial charge in [-0.1, -0.05) is 31.5 Å². The number of phenolic OH excluding ortho intramolecular Hbond substituents is 1. The molecule has 0 aromatic heterocycles. The van der Waals surface area contributed by atoms with Crippen LogP contribution in [-0.2, 0) is 20.8 Å². The van der Waals surface area contributed by atoms with E-state index in [0.717, 1.165) is 6.42 Å². The van der Waals surface area contributed by atoms with E-state index < -0.39 is 20.8 Å². The van der Waals surface area contributed by atoms with Crippen molar-refractivity contribution in [2.24, 2.45) is 0 Å². The van der Waals surface area contributed by atoms with E-state index in [1.807, 2.05) is 6.07 Å². The van der Waals surface area contributed by atoms with Crippen molar-refractivity contribution in [1.29, 1.82) is 0 Å². The summed E-state index contributed by atoms with van der Waals surface area (Å²) in [4.78, 5) is 0. The van der Waals surface area contributed by atoms with Crippen LogP contribution in [0.2, 0.25) is 0 Å². The molecular formula is C10H15Cl2OZr-. The summed E-state index contributed by atoms with van der Waals surface area (Å²) in [7, 11) is 9.87. The summed E-state index contributed by atoms with van der Waals surface area (Å²) in [5, 5.41) is 8.63. The Labute approximate surface area is 105 Å². The van der Waals surface area contributed by atoms with Gasteiger partial charge in [0.05, 0.1) is 0 Å². The Kier molecular flexibility index (Phi) is 19.2. The van der Waals surface area contributed by atoms with Crippen LogP contribution in [0.1, 0.15) is 19.8 Å². The summed E-state index contributed by atoms with van der Waals surface area (Å²) in [5.41, 5.74) is 0. The quantitative estimate of drug-likeness (QED) is 0.762. The first-order chi connectivity index (χ1) is 6.72. The number of hydrogen-bond acceptors (Lipinski definition) is 1. The number of halogens is 2. The summed E-state index contributed by atoms with van der Waals surface area (Å²) < 4.78 is 0. The summed E-state index contributed by atoms with van der Waals surface area (Å²) in [5.74, 6) is 0.322. The Morgan fingerprint density at radius 2 is 1.64 bits per heavy atom. The van der Waals surface area contributed by atoms with Crippen LogP contribution in [-0.4, -0.2) is 5.11 Å². The maximum atomic E-state index is 8.63. The average molecular weight is 313 g/mol. The SMILES string of the molecule is Oc1ccccc1.[CH2-]CCC.[Cl][Zr][Cl]. The van der Waals surface area contributed by atoms with Gasteiger partial charge in [0.25, 0.3) is 0 Å². The molecule has 0 aliphatic carbocycles. The summed E-state index contributed by atoms with van der Waals surface area (Å²) in [6.45, 7) is 5.72. The Bertz CT molecular complexity index is 181. The van der Waals surface area contributed by atoms with Gasteiger partial charge in [0, 0.05) is 0 Å². The zero-order valence-corrected chi connectivity index (χ0v) is 12.2. The van der Waals surface area contributed by atoms with Crippen molar-refractivity contribution in [1.82, 2.24) is 0 Å². The molecule has 0 atom stereocenters. The van der Waals surface area contributed by atoms with Gasteiger partial charge >= 0.3 is 37.9 Å². The Balaban J connectivity index is 0. The van der Waals surface area contributed by atoms with Gasteiger partial charge in [-0.2, -0.15) is 6.42 Å². The van der Waals surface area contributed by atoms with Gasteiger partial charge in [0.2, 0.25) is 0 Å². The fourth-order valence-corrected chi connectivity index (χ4v) is 0.428. The molecule has 0 saturated heterocycles. The van der Waals surface area contributed by atoms with Crippen molar-refractivity contribution < 1.29 is 26.0 Å². The molecule has 0 unspecified atom stereocenters. The molecule has 0 fully saturated rings. The number of phenols is 1. The number of rotatable bonds is 1. The van der Waals surface area contributed by atoms with E-state index in [0.29, 0.717) is 5.75 Å². The van der Waals surface area contributed by atoms with Gasteiger partial charge in [-0.05, 0) is 12.1 Å². The van der Waals surface area contributed by atoms with E-state index >= 15 is 0 Å². The Hall–Kier alpha value is 0.483. The van der Waals surface area contributed by atoms with Crippen molar-refractivity contribution in [2.45, 2.75) is 19.8 Å². The number of hydrogen-bond donors (Lipinski definition) is 1. The van der Waals surface area contributed by atoms with Crippen LogP contribution in [0.25, 0.3) is 0 Å². The Morgan fingerprint density at radius 1 is 1.29 bits per heavy atom. The fourth-order valence-electron chi connectivity index (χ4n) is 0.428. The first-order valence-corrected chi connectivity index (χ1v) is 10.5. The van der Waals surface area contributed by atoms with Crippen molar-refractivity contribution in [3.05, 3.63) is 37.3 Å². The van der Waals surface area contributed by atoms with Crippen molar-refractivity contribution >= 4 is 17.0 Å². The predicted molar refractivity (Wildman–Crippen MR) is 60.1 cm³/mol. The van der Waals surface area contributed by atoms with Gasteiger partial charge in [0.1, 0.15) is 5.75 Å². The molecule has 80 valence electrons. The zero-order valence-electron chi connectivity index (χ0n) is 8.21. The van der Waals surface area contributed by atoms with E-state index in [2.05, 4.69) is 13.8 Å². The van der Waals surface area contributed by atoms with Crippen LogP contribution in [0.15, 0.2) is 30.3 Å². The molecule has 0 spiro atoms. The van der Waals surface area contributed by atoms with Crippen LogP contribution < -0.4 is 0 Å². The first kappa shape index (κ1) is 16.9. The van der Waals surface area contributed by atoms with E-state index in [1.165, 1.54) is 6.42 Å². The minimum absolute atomic E-state index is 0.322. The number of para-hydroxylation sites is 1. The fraction of sp³-hybridized carbons (Fsp3) is 0.300. The van der Waals surface area contributed by atoms with E-state index in [1.54, 1.807) is 24.3 Å². The zero-order chi connectivity index (χ0) is 11.2. The monoisotopic (exact) mass is 311 g/mol. The Morgan fingerprint density at radius 3 is 1.79 bits per heavy atom. The normalized spacial score (nSPS) is 7.43. The van der Waals surface area contributed by atoms with Crippen LogP contribution in [0.5, 0.6) is 5.75 Å². The molecule has 0 saturated carbocycles. The molecule has 1 N–H and O–H groups in total. The maximum absolute atomic E-state index is 8.63. The first-order valence-electron chi connectivity index (χ1n) is 4.22. The van der Waals surface area contributed by atoms with Gasteiger partial charge in [-0.25, -0.2) is 0 Å². The van der Waals surface area contributed by atoms with Crippen LogP contribution in [0.4, 0.5) is 0 Å². The van der Waals surface area contributed by atoms with Crippen molar-refractivity contribution in [3.63, 3.8) is 0 Å². The van der Waals surface area contributed by atoms with E-state index in [4.69, 9.17) is 22.1 Å². The van der Waals surface area contributed by atoms with Gasteiger partial charge in [-0.3, -0.25) is 0 Å². The van der Waals surface area contributed by atoms with Crippen molar-refractivity contribution in [2.75, 3.05) is 0 Å². The van der Waals surface area contributed by atoms with Gasteiger partial charge < -0.3 is 12.0 Å². The minimum atomic E-state index is -0.826. The molecular weight excluding hydrogens is 298 g/mol. The number of unbranched alkanes of at least 4 members (excludes halogenated alkanes) is 1. The van der Waals surface area contributed by atoms with Crippen LogP contribution >= 0.6 is 17.0 Å². The third-order valence-corrected chi connectivity index (χ3v) is 1.11. The van der Waals surface area contributed by atoms with E-state index in [-0.39, 0.29) is 0 Å². The molecule has 0 amide bonds. The second-order valence-corrected chi connectivity index (χ2v) is 5.99. The number of benzene rings is 1. The second kappa shape index (κ2) is 15.9. The molecule has 0 aliphatic heterocycles. The molecule has 1 nitrogen and oxygen atoms in total. The molecule has 4 heteroatoms. The third kappa shape index (κ3) is 18.3. The molecule has 1 aromatic carbocycles. The van der Waals surface area contributed by atoms with E-state index in [9.17, 15) is 0 Å². The summed E-state index contributed by atoms with van der Waals surface area (Å²) >= 11 is -0.826. The molecule has 0 bridgehead atoms. The second-order valence-electron chi connectivity index (χ2n) is 2.26. The molecule has 1 rings (SSSR count). The molecule has 1 aromatic rings. The van der Waals surface area contributed by atoms with Crippen LogP contribution in [0.3, 0.4) is 0 Å². The molecule has 14 heavy (non-hydrogen) atoms. The summed E-state index contributed by atoms with van der Waals surface area (Å²) in [6.07, 6.45) is 2.28. The third-order valence-electron chi connectivity index (χ3n) is 1.11. The topological polar surface area (TPSA) is 20.2 Å². The predicted octanol–water partition coefficient (Wildman–Crippen LogP) is 4.39. The average Bonchev–Trinajstić information content (AvgIpc) is 2.21. The standard InChI is InChI=1S/C6H6O.C4H9.2ClH.Zr/c7-6-4-2-1-3-5-6;1-3-4-2;;;/h1-5,7H;1,3-4H2,2H3;2*1H;/q;-1;;;+2/p-2. The van der Waals surface area contributed by atoms with Gasteiger partial charge in [0.15, 0.2) is 0 Å². The molecule has 0 heterocycles. The molecule has 0 radical (unpaired) electrons. The van der Waals surface area contributed by atoms with Crippen LogP contribution in [0, 0.1) is 6.92 Å². The number of aromatic hydroxyl groups is 1.